The molecule has 1 aromatic rings. The highest BCUT2D eigenvalue weighted by Crippen LogP contribution is 2.23. The van der Waals surface area contributed by atoms with Gasteiger partial charge in [-0.1, -0.05) is 26.0 Å². The third-order valence-corrected chi connectivity index (χ3v) is 5.92. The van der Waals surface area contributed by atoms with Gasteiger partial charge in [0.05, 0.1) is 4.90 Å². The summed E-state index contributed by atoms with van der Waals surface area (Å²) in [7, 11) is -3.40. The first-order valence-electron chi connectivity index (χ1n) is 7.31. The van der Waals surface area contributed by atoms with E-state index in [1.807, 2.05) is 26.0 Å². The third-order valence-electron chi connectivity index (χ3n) is 4.01. The van der Waals surface area contributed by atoms with Crippen LogP contribution in [0.25, 0.3) is 0 Å². The van der Waals surface area contributed by atoms with Crippen LogP contribution in [0.1, 0.15) is 32.3 Å². The second-order valence-corrected chi connectivity index (χ2v) is 7.36. The fraction of sp³-hybridized carbons (Fsp3) is 0.600. The number of sulfonamides is 1. The van der Waals surface area contributed by atoms with Crippen molar-refractivity contribution in [3.63, 3.8) is 0 Å². The van der Waals surface area contributed by atoms with Gasteiger partial charge in [0.1, 0.15) is 0 Å². The zero-order valence-electron chi connectivity index (χ0n) is 12.5. The van der Waals surface area contributed by atoms with Crippen molar-refractivity contribution in [2.75, 3.05) is 13.1 Å². The van der Waals surface area contributed by atoms with E-state index in [-0.39, 0.29) is 12.1 Å². The molecule has 112 valence electrons. The number of nitrogens with zero attached hydrogens (tertiary/aromatic N) is 1. The van der Waals surface area contributed by atoms with Crippen LogP contribution < -0.4 is 5.32 Å². The number of rotatable bonds is 4. The molecule has 4 nitrogen and oxygen atoms in total. The first-order chi connectivity index (χ1) is 9.48. The predicted octanol–water partition coefficient (Wildman–Crippen LogP) is 2.15. The van der Waals surface area contributed by atoms with Crippen molar-refractivity contribution in [3.8, 4) is 0 Å². The molecule has 2 unspecified atom stereocenters. The van der Waals surface area contributed by atoms with Crippen molar-refractivity contribution in [2.24, 2.45) is 0 Å². The number of hydrogen-bond donors (Lipinski definition) is 1. The SMILES string of the molecule is CCC1CN(S(=O)(=O)c2cccc(C)c2)C(CC)CN1. The van der Waals surface area contributed by atoms with E-state index in [9.17, 15) is 8.42 Å². The fourth-order valence-electron chi connectivity index (χ4n) is 2.66. The smallest absolute Gasteiger partial charge is 0.243 e. The number of aryl methyl sites for hydroxylation is 1. The largest absolute Gasteiger partial charge is 0.311 e. The monoisotopic (exact) mass is 296 g/mol. The predicted molar refractivity (Wildman–Crippen MR) is 81.2 cm³/mol. The van der Waals surface area contributed by atoms with Gasteiger partial charge in [0.2, 0.25) is 10.0 Å². The van der Waals surface area contributed by atoms with Crippen LogP contribution in [0, 0.1) is 6.92 Å². The van der Waals surface area contributed by atoms with Gasteiger partial charge in [-0.05, 0) is 37.5 Å². The molecule has 1 fully saturated rings. The van der Waals surface area contributed by atoms with Crippen LogP contribution in [0.15, 0.2) is 29.2 Å². The minimum Gasteiger partial charge on any atom is -0.311 e. The zero-order chi connectivity index (χ0) is 14.8. The average Bonchev–Trinajstić information content (AvgIpc) is 2.46. The first kappa shape index (κ1) is 15.5. The maximum atomic E-state index is 12.9. The highest BCUT2D eigenvalue weighted by molar-refractivity contribution is 7.89. The lowest BCUT2D eigenvalue weighted by Gasteiger charge is -2.38. The van der Waals surface area contributed by atoms with E-state index in [0.717, 1.165) is 24.9 Å². The molecule has 1 aromatic carbocycles. The van der Waals surface area contributed by atoms with Gasteiger partial charge in [-0.25, -0.2) is 8.42 Å². The van der Waals surface area contributed by atoms with E-state index in [2.05, 4.69) is 12.2 Å². The minimum atomic E-state index is -3.40. The second kappa shape index (κ2) is 6.24. The van der Waals surface area contributed by atoms with Gasteiger partial charge in [-0.2, -0.15) is 4.31 Å². The van der Waals surface area contributed by atoms with Crippen molar-refractivity contribution in [3.05, 3.63) is 29.8 Å². The summed E-state index contributed by atoms with van der Waals surface area (Å²) in [4.78, 5) is 0.410. The molecule has 2 atom stereocenters. The van der Waals surface area contributed by atoms with Crippen LogP contribution in [-0.4, -0.2) is 37.9 Å². The summed E-state index contributed by atoms with van der Waals surface area (Å²) in [5, 5.41) is 3.43. The number of nitrogens with one attached hydrogen (secondary N) is 1. The molecule has 0 saturated carbocycles. The lowest BCUT2D eigenvalue weighted by atomic mass is 10.1. The Morgan fingerprint density at radius 1 is 1.30 bits per heavy atom. The van der Waals surface area contributed by atoms with Gasteiger partial charge < -0.3 is 5.32 Å². The average molecular weight is 296 g/mol. The van der Waals surface area contributed by atoms with Crippen LogP contribution in [0.2, 0.25) is 0 Å². The van der Waals surface area contributed by atoms with Gasteiger partial charge >= 0.3 is 0 Å². The minimum absolute atomic E-state index is 0.0447. The quantitative estimate of drug-likeness (QED) is 0.926. The van der Waals surface area contributed by atoms with Gasteiger partial charge in [-0.3, -0.25) is 0 Å². The Morgan fingerprint density at radius 2 is 2.05 bits per heavy atom. The molecule has 0 aromatic heterocycles. The van der Waals surface area contributed by atoms with Gasteiger partial charge in [-0.15, -0.1) is 0 Å². The zero-order valence-corrected chi connectivity index (χ0v) is 13.3. The van der Waals surface area contributed by atoms with Crippen molar-refractivity contribution in [1.29, 1.82) is 0 Å². The first-order valence-corrected chi connectivity index (χ1v) is 8.75. The topological polar surface area (TPSA) is 49.4 Å². The molecular weight excluding hydrogens is 272 g/mol. The van der Waals surface area contributed by atoms with Crippen LogP contribution in [0.3, 0.4) is 0 Å². The van der Waals surface area contributed by atoms with Gasteiger partial charge in [0, 0.05) is 25.2 Å². The highest BCUT2D eigenvalue weighted by Gasteiger charge is 2.35. The van der Waals surface area contributed by atoms with E-state index >= 15 is 0 Å². The van der Waals surface area contributed by atoms with E-state index in [1.165, 1.54) is 0 Å². The second-order valence-electron chi connectivity index (χ2n) is 5.47. The summed E-state index contributed by atoms with van der Waals surface area (Å²) >= 11 is 0. The molecule has 0 bridgehead atoms. The Balaban J connectivity index is 2.34. The maximum Gasteiger partial charge on any atom is 0.243 e. The normalized spacial score (nSPS) is 24.8. The van der Waals surface area contributed by atoms with Crippen molar-refractivity contribution in [1.82, 2.24) is 9.62 Å². The third kappa shape index (κ3) is 3.05. The van der Waals surface area contributed by atoms with Crippen LogP contribution in [0.5, 0.6) is 0 Å². The summed E-state index contributed by atoms with van der Waals surface area (Å²) in [5.74, 6) is 0. The lowest BCUT2D eigenvalue weighted by molar-refractivity contribution is 0.215. The van der Waals surface area contributed by atoms with Gasteiger partial charge in [0.25, 0.3) is 0 Å². The van der Waals surface area contributed by atoms with Crippen molar-refractivity contribution in [2.45, 2.75) is 50.6 Å². The highest BCUT2D eigenvalue weighted by atomic mass is 32.2. The molecule has 0 spiro atoms. The van der Waals surface area contributed by atoms with E-state index in [1.54, 1.807) is 16.4 Å². The van der Waals surface area contributed by atoms with E-state index in [0.29, 0.717) is 11.4 Å². The molecule has 0 aliphatic carbocycles. The Morgan fingerprint density at radius 3 is 2.65 bits per heavy atom. The van der Waals surface area contributed by atoms with Crippen molar-refractivity contribution >= 4 is 10.0 Å². The number of hydrogen-bond acceptors (Lipinski definition) is 3. The van der Waals surface area contributed by atoms with Crippen molar-refractivity contribution < 1.29 is 8.42 Å². The molecule has 1 N–H and O–H groups in total. The van der Waals surface area contributed by atoms with Gasteiger partial charge in [0.15, 0.2) is 0 Å². The summed E-state index contributed by atoms with van der Waals surface area (Å²) < 4.78 is 27.4. The summed E-state index contributed by atoms with van der Waals surface area (Å²) in [5.41, 5.74) is 0.973. The molecule has 0 amide bonds. The number of piperazine rings is 1. The summed E-state index contributed by atoms with van der Waals surface area (Å²) in [6.45, 7) is 7.34. The molecule has 1 aliphatic heterocycles. The number of benzene rings is 1. The molecular formula is C15H24N2O2S. The molecule has 0 radical (unpaired) electrons. The van der Waals surface area contributed by atoms with E-state index < -0.39 is 10.0 Å². The molecule has 1 heterocycles. The van der Waals surface area contributed by atoms with Crippen LogP contribution in [0.4, 0.5) is 0 Å². The summed E-state index contributed by atoms with van der Waals surface area (Å²) in [6.07, 6.45) is 1.77. The summed E-state index contributed by atoms with van der Waals surface area (Å²) in [6, 6.07) is 7.47. The molecule has 5 heteroatoms. The lowest BCUT2D eigenvalue weighted by Crippen LogP contribution is -2.57. The Hall–Kier alpha value is -0.910. The fourth-order valence-corrected chi connectivity index (χ4v) is 4.51. The maximum absolute atomic E-state index is 12.9. The van der Waals surface area contributed by atoms with E-state index in [4.69, 9.17) is 0 Å². The Kier molecular flexibility index (Phi) is 4.83. The van der Waals surface area contributed by atoms with Crippen LogP contribution in [-0.2, 0) is 10.0 Å². The Bertz CT molecular complexity index is 557. The molecule has 2 rings (SSSR count). The standard InChI is InChI=1S/C15H24N2O2S/c1-4-13-11-17(14(5-2)10-16-13)20(18,19)15-8-6-7-12(3)9-15/h6-9,13-14,16H,4-5,10-11H2,1-3H3. The van der Waals surface area contributed by atoms with Crippen LogP contribution >= 0.6 is 0 Å². The molecule has 1 aliphatic rings. The molecule has 20 heavy (non-hydrogen) atoms. The Labute approximate surface area is 122 Å². The molecule has 1 saturated heterocycles.